The van der Waals surface area contributed by atoms with Crippen LogP contribution in [0.4, 0.5) is 0 Å². The van der Waals surface area contributed by atoms with Crippen LogP contribution in [-0.4, -0.2) is 21.3 Å². The summed E-state index contributed by atoms with van der Waals surface area (Å²) in [7, 11) is 0. The molecular weight excluding hydrogens is 252 g/mol. The Balaban J connectivity index is 2.04. The van der Waals surface area contributed by atoms with E-state index in [0.29, 0.717) is 5.88 Å². The fourth-order valence-corrected chi connectivity index (χ4v) is 1.95. The number of ether oxygens (including phenoxy) is 1. The molecule has 2 rings (SSSR count). The number of pyridine rings is 1. The highest BCUT2D eigenvalue weighted by Crippen LogP contribution is 2.22. The zero-order chi connectivity index (χ0) is 14.4. The van der Waals surface area contributed by atoms with Crippen molar-refractivity contribution in [3.63, 3.8) is 0 Å². The number of nitrogens with one attached hydrogen (secondary N) is 1. The average molecular weight is 274 g/mol. The third-order valence-electron chi connectivity index (χ3n) is 2.94. The Morgan fingerprint density at radius 1 is 1.30 bits per heavy atom. The smallest absolute Gasteiger partial charge is 0.222 e. The van der Waals surface area contributed by atoms with Gasteiger partial charge in [0.1, 0.15) is 0 Å². The number of rotatable bonds is 7. The molecule has 5 heteroatoms. The van der Waals surface area contributed by atoms with Gasteiger partial charge in [-0.15, -0.1) is 0 Å². The van der Waals surface area contributed by atoms with Crippen molar-refractivity contribution in [2.45, 2.75) is 40.3 Å². The number of aryl methyl sites for hydroxylation is 2. The van der Waals surface area contributed by atoms with Crippen molar-refractivity contribution in [3.05, 3.63) is 35.8 Å². The molecule has 0 aromatic carbocycles. The van der Waals surface area contributed by atoms with Gasteiger partial charge in [-0.05, 0) is 31.5 Å². The third kappa shape index (κ3) is 3.81. The fourth-order valence-electron chi connectivity index (χ4n) is 1.95. The van der Waals surface area contributed by atoms with E-state index in [1.54, 1.807) is 6.20 Å². The van der Waals surface area contributed by atoms with Gasteiger partial charge >= 0.3 is 0 Å². The maximum Gasteiger partial charge on any atom is 0.222 e. The monoisotopic (exact) mass is 274 g/mol. The van der Waals surface area contributed by atoms with Crippen LogP contribution in [0.1, 0.15) is 31.4 Å². The molecule has 2 aromatic heterocycles. The number of hydrogen-bond acceptors (Lipinski definition) is 4. The van der Waals surface area contributed by atoms with E-state index >= 15 is 0 Å². The second-order valence-electron chi connectivity index (χ2n) is 4.79. The molecule has 1 N–H and O–H groups in total. The van der Waals surface area contributed by atoms with Crippen LogP contribution in [-0.2, 0) is 13.1 Å². The Morgan fingerprint density at radius 3 is 2.85 bits per heavy atom. The number of hydrogen-bond donors (Lipinski definition) is 1. The molecule has 0 fully saturated rings. The lowest BCUT2D eigenvalue weighted by Gasteiger charge is -2.08. The molecule has 0 saturated heterocycles. The van der Waals surface area contributed by atoms with Crippen molar-refractivity contribution in [1.29, 1.82) is 0 Å². The van der Waals surface area contributed by atoms with Crippen molar-refractivity contribution < 1.29 is 4.74 Å². The molecular formula is C15H22N4O. The second-order valence-corrected chi connectivity index (χ2v) is 4.79. The number of aromatic nitrogens is 3. The highest BCUT2D eigenvalue weighted by atomic mass is 16.5. The van der Waals surface area contributed by atoms with Crippen molar-refractivity contribution in [2.24, 2.45) is 0 Å². The molecule has 0 amide bonds. The van der Waals surface area contributed by atoms with Crippen LogP contribution in [0.3, 0.4) is 0 Å². The van der Waals surface area contributed by atoms with Crippen LogP contribution in [0.2, 0.25) is 0 Å². The van der Waals surface area contributed by atoms with Crippen LogP contribution in [0.5, 0.6) is 11.6 Å². The van der Waals surface area contributed by atoms with E-state index in [1.165, 1.54) is 5.56 Å². The standard InChI is InChI=1S/C15H22N4O/c1-4-6-19-11-14(10-18-19)20-15-12(3)7-13(9-17-15)8-16-5-2/h7,9-11,16H,4-6,8H2,1-3H3. The largest absolute Gasteiger partial charge is 0.435 e. The predicted molar refractivity (Wildman–Crippen MR) is 78.9 cm³/mol. The molecule has 2 heterocycles. The SMILES string of the molecule is CCCn1cc(Oc2ncc(CNCC)cc2C)cn1. The molecule has 0 aliphatic heterocycles. The highest BCUT2D eigenvalue weighted by molar-refractivity contribution is 5.32. The minimum atomic E-state index is 0.640. The molecule has 0 aliphatic rings. The Morgan fingerprint density at radius 2 is 2.15 bits per heavy atom. The molecule has 0 aliphatic carbocycles. The Hall–Kier alpha value is -1.88. The summed E-state index contributed by atoms with van der Waals surface area (Å²) in [6.45, 7) is 8.90. The van der Waals surface area contributed by atoms with Gasteiger partial charge in [0.2, 0.25) is 5.88 Å². The Kier molecular flexibility index (Phi) is 5.12. The van der Waals surface area contributed by atoms with Crippen molar-refractivity contribution in [3.8, 4) is 11.6 Å². The van der Waals surface area contributed by atoms with E-state index in [2.05, 4.69) is 35.3 Å². The predicted octanol–water partition coefficient (Wildman–Crippen LogP) is 2.90. The van der Waals surface area contributed by atoms with E-state index in [4.69, 9.17) is 4.74 Å². The maximum absolute atomic E-state index is 5.78. The van der Waals surface area contributed by atoms with E-state index in [0.717, 1.165) is 37.4 Å². The van der Waals surface area contributed by atoms with Gasteiger partial charge in [0.05, 0.1) is 12.4 Å². The maximum atomic E-state index is 5.78. The molecule has 0 saturated carbocycles. The molecule has 0 unspecified atom stereocenters. The molecule has 2 aromatic rings. The van der Waals surface area contributed by atoms with Crippen LogP contribution in [0.15, 0.2) is 24.7 Å². The minimum absolute atomic E-state index is 0.640. The lowest BCUT2D eigenvalue weighted by atomic mass is 10.2. The van der Waals surface area contributed by atoms with Crippen molar-refractivity contribution in [1.82, 2.24) is 20.1 Å². The van der Waals surface area contributed by atoms with E-state index < -0.39 is 0 Å². The summed E-state index contributed by atoms with van der Waals surface area (Å²) >= 11 is 0. The molecule has 0 bridgehead atoms. The molecule has 108 valence electrons. The average Bonchev–Trinajstić information content (AvgIpc) is 2.87. The van der Waals surface area contributed by atoms with Gasteiger partial charge in [0.15, 0.2) is 5.75 Å². The zero-order valence-corrected chi connectivity index (χ0v) is 12.4. The van der Waals surface area contributed by atoms with Gasteiger partial charge in [-0.25, -0.2) is 4.98 Å². The van der Waals surface area contributed by atoms with Crippen molar-refractivity contribution in [2.75, 3.05) is 6.54 Å². The summed E-state index contributed by atoms with van der Waals surface area (Å²) in [5.74, 6) is 1.37. The third-order valence-corrected chi connectivity index (χ3v) is 2.94. The topological polar surface area (TPSA) is 52.0 Å². The summed E-state index contributed by atoms with van der Waals surface area (Å²) in [4.78, 5) is 4.38. The van der Waals surface area contributed by atoms with E-state index in [1.807, 2.05) is 24.0 Å². The fraction of sp³-hybridized carbons (Fsp3) is 0.467. The highest BCUT2D eigenvalue weighted by Gasteiger charge is 2.06. The summed E-state index contributed by atoms with van der Waals surface area (Å²) in [5.41, 5.74) is 2.20. The first-order valence-electron chi connectivity index (χ1n) is 7.09. The lowest BCUT2D eigenvalue weighted by Crippen LogP contribution is -2.12. The quantitative estimate of drug-likeness (QED) is 0.843. The normalized spacial score (nSPS) is 10.8. The summed E-state index contributed by atoms with van der Waals surface area (Å²) in [6, 6.07) is 2.10. The van der Waals surface area contributed by atoms with Crippen LogP contribution < -0.4 is 10.1 Å². The summed E-state index contributed by atoms with van der Waals surface area (Å²) in [6.07, 6.45) is 6.53. The summed E-state index contributed by atoms with van der Waals surface area (Å²) in [5, 5.41) is 7.53. The molecule has 20 heavy (non-hydrogen) atoms. The minimum Gasteiger partial charge on any atom is -0.435 e. The first kappa shape index (κ1) is 14.5. The van der Waals surface area contributed by atoms with Gasteiger partial charge in [-0.1, -0.05) is 13.8 Å². The van der Waals surface area contributed by atoms with Gasteiger partial charge in [0, 0.05) is 24.8 Å². The van der Waals surface area contributed by atoms with E-state index in [9.17, 15) is 0 Å². The van der Waals surface area contributed by atoms with Gasteiger partial charge < -0.3 is 10.1 Å². The van der Waals surface area contributed by atoms with Gasteiger partial charge in [-0.2, -0.15) is 5.10 Å². The van der Waals surface area contributed by atoms with E-state index in [-0.39, 0.29) is 0 Å². The number of nitrogens with zero attached hydrogens (tertiary/aromatic N) is 3. The molecule has 0 spiro atoms. The van der Waals surface area contributed by atoms with Crippen LogP contribution >= 0.6 is 0 Å². The van der Waals surface area contributed by atoms with Gasteiger partial charge in [0.25, 0.3) is 0 Å². The summed E-state index contributed by atoms with van der Waals surface area (Å²) < 4.78 is 7.66. The van der Waals surface area contributed by atoms with Gasteiger partial charge in [-0.3, -0.25) is 4.68 Å². The Labute approximate surface area is 120 Å². The molecule has 0 atom stereocenters. The van der Waals surface area contributed by atoms with Crippen LogP contribution in [0.25, 0.3) is 0 Å². The van der Waals surface area contributed by atoms with Crippen LogP contribution in [0, 0.1) is 6.92 Å². The Bertz CT molecular complexity index is 551. The zero-order valence-electron chi connectivity index (χ0n) is 12.4. The first-order valence-corrected chi connectivity index (χ1v) is 7.09. The molecule has 0 radical (unpaired) electrons. The lowest BCUT2D eigenvalue weighted by molar-refractivity contribution is 0.456. The van der Waals surface area contributed by atoms with Crippen molar-refractivity contribution >= 4 is 0 Å². The first-order chi connectivity index (χ1) is 9.72. The molecule has 5 nitrogen and oxygen atoms in total. The second kappa shape index (κ2) is 7.05.